The SMILES string of the molecule is CCNC(=NCC(C)CN1CCOCC1)N(C)Cc1ccccc1. The Morgan fingerprint density at radius 2 is 2.00 bits per heavy atom. The highest BCUT2D eigenvalue weighted by atomic mass is 16.5. The quantitative estimate of drug-likeness (QED) is 0.613. The Balaban J connectivity index is 1.86. The van der Waals surface area contributed by atoms with Gasteiger partial charge in [0.05, 0.1) is 13.2 Å². The highest BCUT2D eigenvalue weighted by molar-refractivity contribution is 5.79. The van der Waals surface area contributed by atoms with E-state index in [9.17, 15) is 0 Å². The maximum atomic E-state index is 5.41. The standard InChI is InChI=1S/C19H32N4O/c1-4-20-19(22(3)16-18-8-6-5-7-9-18)21-14-17(2)15-23-10-12-24-13-11-23/h5-9,17H,4,10-16H2,1-3H3,(H,20,21). The molecule has 1 aliphatic heterocycles. The first-order valence-corrected chi connectivity index (χ1v) is 9.02. The predicted octanol–water partition coefficient (Wildman–Crippen LogP) is 2.05. The molecule has 134 valence electrons. The van der Waals surface area contributed by atoms with Crippen LogP contribution < -0.4 is 5.32 Å². The summed E-state index contributed by atoms with van der Waals surface area (Å²) < 4.78 is 5.41. The minimum atomic E-state index is 0.543. The van der Waals surface area contributed by atoms with Gasteiger partial charge in [0.2, 0.25) is 0 Å². The number of hydrogen-bond acceptors (Lipinski definition) is 3. The number of nitrogens with zero attached hydrogens (tertiary/aromatic N) is 3. The van der Waals surface area contributed by atoms with Gasteiger partial charge in [-0.25, -0.2) is 0 Å². The van der Waals surface area contributed by atoms with E-state index in [0.29, 0.717) is 5.92 Å². The fourth-order valence-corrected chi connectivity index (χ4v) is 2.93. The van der Waals surface area contributed by atoms with E-state index in [1.807, 2.05) is 0 Å². The normalized spacial score (nSPS) is 17.5. The molecule has 1 heterocycles. The predicted molar refractivity (Wildman–Crippen MR) is 100 cm³/mol. The van der Waals surface area contributed by atoms with Crippen LogP contribution in [-0.4, -0.2) is 68.7 Å². The van der Waals surface area contributed by atoms with Crippen LogP contribution in [0.15, 0.2) is 35.3 Å². The van der Waals surface area contributed by atoms with E-state index in [4.69, 9.17) is 9.73 Å². The Kier molecular flexibility index (Phi) is 8.05. The summed E-state index contributed by atoms with van der Waals surface area (Å²) in [7, 11) is 2.10. The Morgan fingerprint density at radius 3 is 2.67 bits per heavy atom. The van der Waals surface area contributed by atoms with E-state index >= 15 is 0 Å². The molecule has 0 spiro atoms. The smallest absolute Gasteiger partial charge is 0.193 e. The van der Waals surface area contributed by atoms with E-state index in [1.165, 1.54) is 5.56 Å². The summed E-state index contributed by atoms with van der Waals surface area (Å²) in [4.78, 5) is 9.52. The zero-order chi connectivity index (χ0) is 17.2. The van der Waals surface area contributed by atoms with Gasteiger partial charge in [-0.2, -0.15) is 0 Å². The van der Waals surface area contributed by atoms with Gasteiger partial charge in [0.15, 0.2) is 5.96 Å². The second-order valence-electron chi connectivity index (χ2n) is 6.55. The van der Waals surface area contributed by atoms with Gasteiger partial charge in [-0.15, -0.1) is 0 Å². The second-order valence-corrected chi connectivity index (χ2v) is 6.55. The molecule has 1 fully saturated rings. The topological polar surface area (TPSA) is 40.1 Å². The van der Waals surface area contributed by atoms with Gasteiger partial charge in [0, 0.05) is 46.3 Å². The van der Waals surface area contributed by atoms with Gasteiger partial charge < -0.3 is 15.0 Å². The maximum absolute atomic E-state index is 5.41. The third kappa shape index (κ3) is 6.49. The molecule has 0 radical (unpaired) electrons. The lowest BCUT2D eigenvalue weighted by atomic mass is 10.1. The summed E-state index contributed by atoms with van der Waals surface area (Å²) in [5.74, 6) is 1.53. The van der Waals surface area contributed by atoms with Gasteiger partial charge in [-0.3, -0.25) is 9.89 Å². The molecule has 0 aromatic heterocycles. The molecule has 5 heteroatoms. The van der Waals surface area contributed by atoms with Gasteiger partial charge in [-0.1, -0.05) is 37.3 Å². The van der Waals surface area contributed by atoms with Crippen molar-refractivity contribution in [1.82, 2.24) is 15.1 Å². The fraction of sp³-hybridized carbons (Fsp3) is 0.632. The summed E-state index contributed by atoms with van der Waals surface area (Å²) in [6.07, 6.45) is 0. The largest absolute Gasteiger partial charge is 0.379 e. The molecule has 2 rings (SSSR count). The molecule has 0 bridgehead atoms. The summed E-state index contributed by atoms with van der Waals surface area (Å²) in [6.45, 7) is 11.9. The Labute approximate surface area is 146 Å². The van der Waals surface area contributed by atoms with Crippen LogP contribution in [0.2, 0.25) is 0 Å². The van der Waals surface area contributed by atoms with Crippen molar-refractivity contribution in [2.75, 3.05) is 53.0 Å². The highest BCUT2D eigenvalue weighted by Crippen LogP contribution is 2.06. The van der Waals surface area contributed by atoms with Gasteiger partial charge >= 0.3 is 0 Å². The van der Waals surface area contributed by atoms with Crippen LogP contribution in [0.1, 0.15) is 19.4 Å². The molecular formula is C19H32N4O. The number of rotatable bonds is 7. The molecule has 1 unspecified atom stereocenters. The summed E-state index contributed by atoms with van der Waals surface area (Å²) >= 11 is 0. The first-order chi connectivity index (χ1) is 11.7. The fourth-order valence-electron chi connectivity index (χ4n) is 2.93. The first kappa shape index (κ1) is 18.7. The van der Waals surface area contributed by atoms with E-state index in [1.54, 1.807) is 0 Å². The molecular weight excluding hydrogens is 300 g/mol. The molecule has 0 aliphatic carbocycles. The second kappa shape index (κ2) is 10.3. The molecule has 1 aliphatic rings. The molecule has 0 amide bonds. The number of aliphatic imine (C=N–C) groups is 1. The van der Waals surface area contributed by atoms with Crippen molar-refractivity contribution in [2.24, 2.45) is 10.9 Å². The molecule has 0 saturated carbocycles. The van der Waals surface area contributed by atoms with E-state index in [2.05, 4.69) is 66.3 Å². The van der Waals surface area contributed by atoms with Gasteiger partial charge in [-0.05, 0) is 18.4 Å². The Hall–Kier alpha value is -1.59. The third-order valence-electron chi connectivity index (χ3n) is 4.19. The lowest BCUT2D eigenvalue weighted by Gasteiger charge is -2.29. The van der Waals surface area contributed by atoms with E-state index in [0.717, 1.165) is 58.4 Å². The maximum Gasteiger partial charge on any atom is 0.193 e. The van der Waals surface area contributed by atoms with Crippen LogP contribution >= 0.6 is 0 Å². The minimum Gasteiger partial charge on any atom is -0.379 e. The average Bonchev–Trinajstić information content (AvgIpc) is 2.60. The summed E-state index contributed by atoms with van der Waals surface area (Å²) in [5, 5.41) is 3.40. The van der Waals surface area contributed by atoms with Crippen molar-refractivity contribution in [3.8, 4) is 0 Å². The minimum absolute atomic E-state index is 0.543. The van der Waals surface area contributed by atoms with E-state index in [-0.39, 0.29) is 0 Å². The van der Waals surface area contributed by atoms with Crippen LogP contribution in [0.25, 0.3) is 0 Å². The highest BCUT2D eigenvalue weighted by Gasteiger charge is 2.14. The summed E-state index contributed by atoms with van der Waals surface area (Å²) in [6, 6.07) is 10.5. The summed E-state index contributed by atoms with van der Waals surface area (Å²) in [5.41, 5.74) is 1.30. The number of nitrogens with one attached hydrogen (secondary N) is 1. The van der Waals surface area contributed by atoms with Gasteiger partial charge in [0.25, 0.3) is 0 Å². The molecule has 1 aromatic carbocycles. The molecule has 1 saturated heterocycles. The molecule has 5 nitrogen and oxygen atoms in total. The van der Waals surface area contributed by atoms with Crippen LogP contribution in [0, 0.1) is 5.92 Å². The van der Waals surface area contributed by atoms with Crippen molar-refractivity contribution in [2.45, 2.75) is 20.4 Å². The van der Waals surface area contributed by atoms with Crippen molar-refractivity contribution in [1.29, 1.82) is 0 Å². The van der Waals surface area contributed by atoms with Crippen LogP contribution in [0.3, 0.4) is 0 Å². The molecule has 1 N–H and O–H groups in total. The van der Waals surface area contributed by atoms with Crippen LogP contribution in [-0.2, 0) is 11.3 Å². The molecule has 1 atom stereocenters. The Morgan fingerprint density at radius 1 is 1.29 bits per heavy atom. The molecule has 24 heavy (non-hydrogen) atoms. The Bertz CT molecular complexity index is 485. The van der Waals surface area contributed by atoms with Crippen molar-refractivity contribution in [3.63, 3.8) is 0 Å². The number of hydrogen-bond donors (Lipinski definition) is 1. The lowest BCUT2D eigenvalue weighted by Crippen LogP contribution is -2.40. The van der Waals surface area contributed by atoms with Crippen molar-refractivity contribution < 1.29 is 4.74 Å². The number of guanidine groups is 1. The van der Waals surface area contributed by atoms with Gasteiger partial charge in [0.1, 0.15) is 0 Å². The number of morpholine rings is 1. The van der Waals surface area contributed by atoms with Crippen molar-refractivity contribution >= 4 is 5.96 Å². The van der Waals surface area contributed by atoms with Crippen LogP contribution in [0.5, 0.6) is 0 Å². The monoisotopic (exact) mass is 332 g/mol. The zero-order valence-electron chi connectivity index (χ0n) is 15.4. The lowest BCUT2D eigenvalue weighted by molar-refractivity contribution is 0.0323. The average molecular weight is 332 g/mol. The van der Waals surface area contributed by atoms with Crippen molar-refractivity contribution in [3.05, 3.63) is 35.9 Å². The van der Waals surface area contributed by atoms with E-state index < -0.39 is 0 Å². The first-order valence-electron chi connectivity index (χ1n) is 9.02. The number of ether oxygens (including phenoxy) is 1. The van der Waals surface area contributed by atoms with Crippen LogP contribution in [0.4, 0.5) is 0 Å². The third-order valence-corrected chi connectivity index (χ3v) is 4.19. The number of benzene rings is 1. The molecule has 1 aromatic rings. The zero-order valence-corrected chi connectivity index (χ0v) is 15.4.